The largest absolute Gasteiger partial charge is 0.398 e. The Morgan fingerprint density at radius 1 is 0.967 bits per heavy atom. The van der Waals surface area contributed by atoms with Gasteiger partial charge in [-0.1, -0.05) is 0 Å². The Balaban J connectivity index is 1.94. The zero-order chi connectivity index (χ0) is 22.4. The second-order valence-electron chi connectivity index (χ2n) is 5.34. The van der Waals surface area contributed by atoms with Crippen LogP contribution >= 0.6 is 12.0 Å². The smallest absolute Gasteiger partial charge is 0.397 e. The molecule has 0 saturated heterocycles. The Bertz CT molecular complexity index is 1120. The summed E-state index contributed by atoms with van der Waals surface area (Å²) in [4.78, 5) is 4.40. The molecule has 0 aliphatic heterocycles. The fourth-order valence-electron chi connectivity index (χ4n) is 1.86. The number of hydrogen-bond acceptors (Lipinski definition) is 12. The maximum atomic E-state index is 11.3. The second-order valence-corrected chi connectivity index (χ2v) is 8.60. The third-order valence-corrected chi connectivity index (χ3v) is 5.00. The summed E-state index contributed by atoms with van der Waals surface area (Å²) in [6, 6.07) is 8.12. The highest BCUT2D eigenvalue weighted by atomic mass is 32.3. The molecule has 0 aromatic heterocycles. The number of nitrogen functional groups attached to an aromatic ring is 2. The van der Waals surface area contributed by atoms with E-state index in [0.717, 1.165) is 24.2 Å². The Morgan fingerprint density at radius 3 is 2.23 bits per heavy atom. The van der Waals surface area contributed by atoms with Gasteiger partial charge in [-0.05, 0) is 36.4 Å². The molecule has 0 atom stereocenters. The molecule has 16 heteroatoms. The molecule has 0 aliphatic rings. The summed E-state index contributed by atoms with van der Waals surface area (Å²) in [5.41, 5.74) is 11.4. The van der Waals surface area contributed by atoms with Crippen LogP contribution in [-0.4, -0.2) is 38.3 Å². The Morgan fingerprint density at radius 2 is 1.63 bits per heavy atom. The van der Waals surface area contributed by atoms with Gasteiger partial charge in [-0.3, -0.25) is 9.11 Å². The summed E-state index contributed by atoms with van der Waals surface area (Å²) in [6.07, 6.45) is 0. The summed E-state index contributed by atoms with van der Waals surface area (Å²) >= 11 is 0.748. The minimum atomic E-state index is -4.55. The van der Waals surface area contributed by atoms with Crippen LogP contribution in [0.15, 0.2) is 51.5 Å². The van der Waals surface area contributed by atoms with Crippen LogP contribution in [0.1, 0.15) is 0 Å². The van der Waals surface area contributed by atoms with Crippen LogP contribution in [0.3, 0.4) is 0 Å². The van der Waals surface area contributed by atoms with Gasteiger partial charge in [0.05, 0.1) is 23.7 Å². The van der Waals surface area contributed by atoms with E-state index < -0.39 is 25.4 Å². The van der Waals surface area contributed by atoms with Gasteiger partial charge in [0, 0.05) is 17.8 Å². The second kappa shape index (κ2) is 10.0. The lowest BCUT2D eigenvalue weighted by atomic mass is 10.2. The molecule has 0 amide bonds. The molecule has 30 heavy (non-hydrogen) atoms. The first-order valence-electron chi connectivity index (χ1n) is 7.72. The zero-order valence-electron chi connectivity index (χ0n) is 14.9. The van der Waals surface area contributed by atoms with Crippen LogP contribution in [0.5, 0.6) is 5.75 Å². The molecule has 0 fully saturated rings. The van der Waals surface area contributed by atoms with E-state index in [2.05, 4.69) is 14.4 Å². The van der Waals surface area contributed by atoms with Crippen molar-refractivity contribution in [2.75, 3.05) is 23.8 Å². The summed E-state index contributed by atoms with van der Waals surface area (Å²) < 4.78 is 69.7. The Kier molecular flexibility index (Phi) is 7.96. The van der Waals surface area contributed by atoms with Crippen LogP contribution in [0, 0.1) is 0 Å². The van der Waals surface area contributed by atoms with Gasteiger partial charge in [0.15, 0.2) is 5.75 Å². The maximum absolute atomic E-state index is 11.3. The van der Waals surface area contributed by atoms with Crippen molar-refractivity contribution in [1.82, 2.24) is 0 Å². The molecule has 0 radical (unpaired) electrons. The lowest BCUT2D eigenvalue weighted by molar-refractivity contribution is -0.0778. The third-order valence-electron chi connectivity index (χ3n) is 3.12. The molecule has 0 unspecified atom stereocenters. The van der Waals surface area contributed by atoms with Gasteiger partial charge in [0.1, 0.15) is 10.6 Å². The first-order chi connectivity index (χ1) is 14.0. The number of anilines is 2. The van der Waals surface area contributed by atoms with Gasteiger partial charge in [-0.15, -0.1) is 9.45 Å². The van der Waals surface area contributed by atoms with Gasteiger partial charge in [-0.25, -0.2) is 4.18 Å². The first-order valence-corrected chi connectivity index (χ1v) is 11.4. The van der Waals surface area contributed by atoms with E-state index in [1.54, 1.807) is 0 Å². The van der Waals surface area contributed by atoms with E-state index in [4.69, 9.17) is 29.8 Å². The molecular weight excluding hydrogens is 464 g/mol. The third kappa shape index (κ3) is 7.75. The fraction of sp³-hybridized carbons (Fsp3) is 0.143. The van der Waals surface area contributed by atoms with Crippen molar-refractivity contribution in [3.05, 3.63) is 36.4 Å². The molecule has 13 nitrogen and oxygen atoms in total. The summed E-state index contributed by atoms with van der Waals surface area (Å²) in [5.74, 6) is 0.360. The van der Waals surface area contributed by atoms with Crippen molar-refractivity contribution in [3.8, 4) is 5.75 Å². The minimum absolute atomic E-state index is 0.0102. The van der Waals surface area contributed by atoms with Crippen LogP contribution in [0.2, 0.25) is 0 Å². The van der Waals surface area contributed by atoms with Gasteiger partial charge >= 0.3 is 10.4 Å². The minimum Gasteiger partial charge on any atom is -0.398 e. The Hall–Kier alpha value is -2.47. The van der Waals surface area contributed by atoms with Gasteiger partial charge < -0.3 is 16.4 Å². The van der Waals surface area contributed by atoms with Crippen molar-refractivity contribution in [3.63, 3.8) is 0 Å². The molecule has 0 heterocycles. The number of azo groups is 1. The highest BCUT2D eigenvalue weighted by Gasteiger charge is 2.16. The number of rotatable bonds is 10. The lowest BCUT2D eigenvalue weighted by Crippen LogP contribution is -2.06. The van der Waals surface area contributed by atoms with Gasteiger partial charge in [-0.2, -0.15) is 21.9 Å². The number of benzene rings is 2. The maximum Gasteiger partial charge on any atom is 0.397 e. The van der Waals surface area contributed by atoms with E-state index in [1.807, 2.05) is 0 Å². The van der Waals surface area contributed by atoms with E-state index in [9.17, 15) is 16.8 Å². The average molecular weight is 481 g/mol. The lowest BCUT2D eigenvalue weighted by Gasteiger charge is -2.06. The van der Waals surface area contributed by atoms with Crippen molar-refractivity contribution in [2.45, 2.75) is 4.90 Å². The molecule has 2 aromatic rings. The van der Waals surface area contributed by atoms with E-state index in [1.165, 1.54) is 24.3 Å². The topological polar surface area (TPSA) is 213 Å². The first kappa shape index (κ1) is 23.8. The quantitative estimate of drug-likeness (QED) is 0.0733. The van der Waals surface area contributed by atoms with Crippen molar-refractivity contribution < 1.29 is 39.3 Å². The van der Waals surface area contributed by atoms with E-state index in [0.29, 0.717) is 5.69 Å². The van der Waals surface area contributed by atoms with Crippen LogP contribution in [0.4, 0.5) is 22.7 Å². The number of hydrogen-bond donors (Lipinski definition) is 4. The van der Waals surface area contributed by atoms with Crippen molar-refractivity contribution in [2.24, 2.45) is 10.2 Å². The van der Waals surface area contributed by atoms with Crippen molar-refractivity contribution >= 4 is 55.3 Å². The van der Waals surface area contributed by atoms with E-state index >= 15 is 0 Å². The molecule has 0 bridgehead atoms. The summed E-state index contributed by atoms with van der Waals surface area (Å²) in [5, 5.41) is 7.75. The number of nitrogens with two attached hydrogens (primary N) is 2. The molecule has 0 spiro atoms. The van der Waals surface area contributed by atoms with Gasteiger partial charge in [0.25, 0.3) is 10.1 Å². The molecule has 0 aliphatic carbocycles. The van der Waals surface area contributed by atoms with E-state index in [-0.39, 0.29) is 35.2 Å². The van der Waals surface area contributed by atoms with Gasteiger partial charge in [0.2, 0.25) is 0 Å². The monoisotopic (exact) mass is 480 g/mol. The average Bonchev–Trinajstić information content (AvgIpc) is 2.63. The number of nitrogens with zero attached hydrogens (tertiary/aromatic N) is 2. The zero-order valence-corrected chi connectivity index (χ0v) is 17.4. The fourth-order valence-corrected chi connectivity index (χ4v) is 3.23. The Labute approximate surface area is 175 Å². The predicted octanol–water partition coefficient (Wildman–Crippen LogP) is 2.29. The normalized spacial score (nSPS) is 12.3. The molecular formula is C14H16N4O9S3. The summed E-state index contributed by atoms with van der Waals surface area (Å²) in [6.45, 7) is -0.306. The molecule has 2 rings (SSSR count). The van der Waals surface area contributed by atoms with Crippen LogP contribution < -0.4 is 16.4 Å². The van der Waals surface area contributed by atoms with Crippen LogP contribution in [0.25, 0.3) is 0 Å². The predicted molar refractivity (Wildman–Crippen MR) is 107 cm³/mol. The molecule has 164 valence electrons. The highest BCUT2D eigenvalue weighted by Crippen LogP contribution is 2.32. The van der Waals surface area contributed by atoms with Crippen molar-refractivity contribution in [1.29, 1.82) is 0 Å². The molecule has 2 aromatic carbocycles. The van der Waals surface area contributed by atoms with Crippen LogP contribution in [-0.2, 0) is 29.0 Å². The molecule has 6 N–H and O–H groups in total. The highest BCUT2D eigenvalue weighted by molar-refractivity contribution is 7.94. The molecule has 0 saturated carbocycles. The summed E-state index contributed by atoms with van der Waals surface area (Å²) in [7, 11) is -9.04. The SMILES string of the molecule is Nc1cc(N)c(S(=O)(=O)O)cc1N=Nc1ccc(OOSCCOS(=O)(=O)O)cc1. The standard InChI is InChI=1S/C14H16N4O9S3/c15-11-7-12(16)14(29(19,20)21)8-13(11)18-17-9-1-3-10(4-2-9)26-27-28-6-5-25-30(22,23)24/h1-4,7-8H,5-6,15-16H2,(H,19,20,21)(H,22,23,24).